The molecule has 24 heavy (non-hydrogen) atoms. The first-order valence-corrected chi connectivity index (χ1v) is 8.71. The Bertz CT molecular complexity index is 819. The van der Waals surface area contributed by atoms with Gasteiger partial charge in [0, 0.05) is 5.56 Å². The molecular formula is C23H23F. The Morgan fingerprint density at radius 1 is 0.750 bits per heavy atom. The number of halogens is 1. The van der Waals surface area contributed by atoms with Gasteiger partial charge in [-0.2, -0.15) is 0 Å². The van der Waals surface area contributed by atoms with Crippen molar-refractivity contribution in [3.63, 3.8) is 0 Å². The topological polar surface area (TPSA) is 0 Å². The molecule has 0 aliphatic rings. The SMILES string of the molecule is CCCc1ccc(-c2ccccc2F)c(-c2ccccc2)c1CC. The van der Waals surface area contributed by atoms with Crippen LogP contribution in [0.4, 0.5) is 4.39 Å². The molecule has 0 fully saturated rings. The zero-order chi connectivity index (χ0) is 16.9. The van der Waals surface area contributed by atoms with Crippen LogP contribution in [0.2, 0.25) is 0 Å². The van der Waals surface area contributed by atoms with Gasteiger partial charge in [0.15, 0.2) is 0 Å². The summed E-state index contributed by atoms with van der Waals surface area (Å²) in [4.78, 5) is 0. The molecule has 0 aliphatic heterocycles. The van der Waals surface area contributed by atoms with Crippen molar-refractivity contribution in [2.45, 2.75) is 33.1 Å². The van der Waals surface area contributed by atoms with E-state index < -0.39 is 0 Å². The number of benzene rings is 3. The molecule has 0 heterocycles. The summed E-state index contributed by atoms with van der Waals surface area (Å²) in [6.45, 7) is 4.39. The van der Waals surface area contributed by atoms with E-state index in [1.54, 1.807) is 6.07 Å². The summed E-state index contributed by atoms with van der Waals surface area (Å²) in [6, 6.07) is 21.7. The minimum atomic E-state index is -0.167. The van der Waals surface area contributed by atoms with Crippen molar-refractivity contribution in [3.05, 3.63) is 83.7 Å². The van der Waals surface area contributed by atoms with Crippen LogP contribution in [0.1, 0.15) is 31.4 Å². The van der Waals surface area contributed by atoms with E-state index in [1.165, 1.54) is 22.8 Å². The van der Waals surface area contributed by atoms with Crippen molar-refractivity contribution in [2.24, 2.45) is 0 Å². The molecule has 0 aromatic heterocycles. The molecule has 0 spiro atoms. The van der Waals surface area contributed by atoms with Gasteiger partial charge in [-0.25, -0.2) is 4.39 Å². The number of rotatable bonds is 5. The quantitative estimate of drug-likeness (QED) is 0.492. The maximum Gasteiger partial charge on any atom is 0.131 e. The van der Waals surface area contributed by atoms with Crippen LogP contribution >= 0.6 is 0 Å². The molecule has 0 atom stereocenters. The van der Waals surface area contributed by atoms with Crippen molar-refractivity contribution >= 4 is 0 Å². The molecule has 3 aromatic carbocycles. The summed E-state index contributed by atoms with van der Waals surface area (Å²) >= 11 is 0. The fourth-order valence-corrected chi connectivity index (χ4v) is 3.44. The van der Waals surface area contributed by atoms with E-state index in [1.807, 2.05) is 30.3 Å². The highest BCUT2D eigenvalue weighted by Gasteiger charge is 2.16. The Balaban J connectivity index is 2.32. The molecule has 0 nitrogen and oxygen atoms in total. The van der Waals surface area contributed by atoms with Gasteiger partial charge in [-0.05, 0) is 46.7 Å². The average molecular weight is 318 g/mol. The highest BCUT2D eigenvalue weighted by atomic mass is 19.1. The van der Waals surface area contributed by atoms with Gasteiger partial charge in [0.05, 0.1) is 0 Å². The molecule has 0 unspecified atom stereocenters. The minimum absolute atomic E-state index is 0.167. The first kappa shape index (κ1) is 16.4. The van der Waals surface area contributed by atoms with Crippen LogP contribution in [0.25, 0.3) is 22.3 Å². The Hall–Kier alpha value is -2.41. The number of aryl methyl sites for hydroxylation is 1. The molecule has 0 N–H and O–H groups in total. The van der Waals surface area contributed by atoms with E-state index >= 15 is 0 Å². The molecule has 3 rings (SSSR count). The maximum absolute atomic E-state index is 14.5. The maximum atomic E-state index is 14.5. The first-order valence-electron chi connectivity index (χ1n) is 8.71. The van der Waals surface area contributed by atoms with Gasteiger partial charge < -0.3 is 0 Å². The fraction of sp³-hybridized carbons (Fsp3) is 0.217. The molecule has 122 valence electrons. The molecular weight excluding hydrogens is 295 g/mol. The van der Waals surface area contributed by atoms with E-state index in [4.69, 9.17) is 0 Å². The molecule has 0 saturated carbocycles. The summed E-state index contributed by atoms with van der Waals surface area (Å²) in [5, 5.41) is 0. The third kappa shape index (κ3) is 3.12. The van der Waals surface area contributed by atoms with Crippen molar-refractivity contribution < 1.29 is 4.39 Å². The number of hydrogen-bond acceptors (Lipinski definition) is 0. The molecule has 0 amide bonds. The Kier molecular flexibility index (Phi) is 5.10. The van der Waals surface area contributed by atoms with Crippen LogP contribution in [-0.4, -0.2) is 0 Å². The van der Waals surface area contributed by atoms with Gasteiger partial charge in [0.2, 0.25) is 0 Å². The van der Waals surface area contributed by atoms with Crippen molar-refractivity contribution in [2.75, 3.05) is 0 Å². The Labute approximate surface area is 144 Å². The second-order valence-corrected chi connectivity index (χ2v) is 6.08. The molecule has 1 heteroatoms. The lowest BCUT2D eigenvalue weighted by molar-refractivity contribution is 0.631. The Morgan fingerprint density at radius 3 is 2.12 bits per heavy atom. The van der Waals surface area contributed by atoms with E-state index in [9.17, 15) is 4.39 Å². The number of hydrogen-bond donors (Lipinski definition) is 0. The van der Waals surface area contributed by atoms with E-state index in [2.05, 4.69) is 38.1 Å². The summed E-state index contributed by atoms with van der Waals surface area (Å²) in [6.07, 6.45) is 3.11. The van der Waals surface area contributed by atoms with Crippen molar-refractivity contribution in [3.8, 4) is 22.3 Å². The van der Waals surface area contributed by atoms with Crippen LogP contribution in [0.3, 0.4) is 0 Å². The summed E-state index contributed by atoms with van der Waals surface area (Å²) in [5.74, 6) is -0.167. The largest absolute Gasteiger partial charge is 0.206 e. The summed E-state index contributed by atoms with van der Waals surface area (Å²) < 4.78 is 14.5. The molecule has 0 saturated heterocycles. The minimum Gasteiger partial charge on any atom is -0.206 e. The van der Waals surface area contributed by atoms with E-state index in [0.717, 1.165) is 30.4 Å². The monoisotopic (exact) mass is 318 g/mol. The average Bonchev–Trinajstić information content (AvgIpc) is 2.63. The summed E-state index contributed by atoms with van der Waals surface area (Å²) in [7, 11) is 0. The normalized spacial score (nSPS) is 10.8. The van der Waals surface area contributed by atoms with Crippen molar-refractivity contribution in [1.82, 2.24) is 0 Å². The molecule has 0 bridgehead atoms. The van der Waals surface area contributed by atoms with E-state index in [-0.39, 0.29) is 5.82 Å². The predicted octanol–water partition coefficient (Wildman–Crippen LogP) is 6.67. The van der Waals surface area contributed by atoms with Crippen LogP contribution in [0, 0.1) is 5.82 Å². The van der Waals surface area contributed by atoms with Crippen molar-refractivity contribution in [1.29, 1.82) is 0 Å². The third-order valence-electron chi connectivity index (χ3n) is 4.51. The predicted molar refractivity (Wildman–Crippen MR) is 101 cm³/mol. The molecule has 0 radical (unpaired) electrons. The van der Waals surface area contributed by atoms with Crippen LogP contribution in [0.5, 0.6) is 0 Å². The van der Waals surface area contributed by atoms with Gasteiger partial charge in [-0.15, -0.1) is 0 Å². The fourth-order valence-electron chi connectivity index (χ4n) is 3.44. The van der Waals surface area contributed by atoms with Gasteiger partial charge >= 0.3 is 0 Å². The second-order valence-electron chi connectivity index (χ2n) is 6.08. The van der Waals surface area contributed by atoms with Gasteiger partial charge in [-0.1, -0.05) is 80.9 Å². The molecule has 3 aromatic rings. The van der Waals surface area contributed by atoms with Gasteiger partial charge in [0.25, 0.3) is 0 Å². The van der Waals surface area contributed by atoms with Crippen LogP contribution < -0.4 is 0 Å². The van der Waals surface area contributed by atoms with Gasteiger partial charge in [-0.3, -0.25) is 0 Å². The molecule has 0 aliphatic carbocycles. The zero-order valence-electron chi connectivity index (χ0n) is 14.4. The first-order chi connectivity index (χ1) is 11.8. The Morgan fingerprint density at radius 2 is 1.46 bits per heavy atom. The van der Waals surface area contributed by atoms with Gasteiger partial charge in [0.1, 0.15) is 5.82 Å². The highest BCUT2D eigenvalue weighted by molar-refractivity contribution is 5.86. The van der Waals surface area contributed by atoms with Crippen LogP contribution in [-0.2, 0) is 12.8 Å². The lowest BCUT2D eigenvalue weighted by Gasteiger charge is -2.19. The van der Waals surface area contributed by atoms with E-state index in [0.29, 0.717) is 5.56 Å². The summed E-state index contributed by atoms with van der Waals surface area (Å²) in [5.41, 5.74) is 6.70. The lowest BCUT2D eigenvalue weighted by atomic mass is 9.85. The lowest BCUT2D eigenvalue weighted by Crippen LogP contribution is -2.00. The smallest absolute Gasteiger partial charge is 0.131 e. The second kappa shape index (κ2) is 7.44. The zero-order valence-corrected chi connectivity index (χ0v) is 14.4. The highest BCUT2D eigenvalue weighted by Crippen LogP contribution is 2.38. The van der Waals surface area contributed by atoms with Crippen LogP contribution in [0.15, 0.2) is 66.7 Å². The standard InChI is InChI=1S/C23H23F/c1-3-10-17-15-16-21(20-13-8-9-14-22(20)24)23(19(17)4-2)18-11-6-5-7-12-18/h5-9,11-16H,3-4,10H2,1-2H3. The third-order valence-corrected chi connectivity index (χ3v) is 4.51.